The van der Waals surface area contributed by atoms with Gasteiger partial charge in [-0.25, -0.2) is 23.1 Å². The molecule has 4 rings (SSSR count). The molecule has 0 unspecified atom stereocenters. The van der Waals surface area contributed by atoms with Gasteiger partial charge < -0.3 is 10.3 Å². The molecule has 0 atom stereocenters. The standard InChI is InChI=1S/C18H10Cl2F2N4O/c19-11-2-1-3-12(20)16(11)26-17-15(25-18(26)27)7-10(8-23-17)24-14-5-4-9(21)6-13(14)22/h1-8,24H,(H,25,27). The van der Waals surface area contributed by atoms with E-state index in [0.717, 1.165) is 12.1 Å². The molecular formula is C18H10Cl2F2N4O. The molecule has 5 nitrogen and oxygen atoms in total. The molecule has 0 aliphatic rings. The van der Waals surface area contributed by atoms with Gasteiger partial charge in [0.05, 0.1) is 38.8 Å². The van der Waals surface area contributed by atoms with Gasteiger partial charge in [-0.2, -0.15) is 0 Å². The molecule has 2 N–H and O–H groups in total. The Kier molecular flexibility index (Phi) is 4.33. The van der Waals surface area contributed by atoms with Gasteiger partial charge in [-0.05, 0) is 30.3 Å². The molecule has 0 saturated carbocycles. The fourth-order valence-electron chi connectivity index (χ4n) is 2.72. The Hall–Kier alpha value is -2.90. The molecule has 2 aromatic carbocycles. The number of anilines is 2. The van der Waals surface area contributed by atoms with Crippen LogP contribution in [0, 0.1) is 11.6 Å². The van der Waals surface area contributed by atoms with Gasteiger partial charge in [-0.15, -0.1) is 0 Å². The number of aromatic amines is 1. The van der Waals surface area contributed by atoms with E-state index in [4.69, 9.17) is 23.2 Å². The average molecular weight is 407 g/mol. The lowest BCUT2D eigenvalue weighted by Gasteiger charge is -2.09. The van der Waals surface area contributed by atoms with E-state index in [1.807, 2.05) is 0 Å². The van der Waals surface area contributed by atoms with Crippen LogP contribution in [0.15, 0.2) is 53.5 Å². The SMILES string of the molecule is O=c1[nH]c2cc(Nc3ccc(F)cc3F)cnc2n1-c1c(Cl)cccc1Cl. The Labute approximate surface area is 161 Å². The molecule has 4 aromatic rings. The maximum atomic E-state index is 13.8. The van der Waals surface area contributed by atoms with Crippen molar-refractivity contribution < 1.29 is 8.78 Å². The molecule has 27 heavy (non-hydrogen) atoms. The zero-order valence-electron chi connectivity index (χ0n) is 13.4. The summed E-state index contributed by atoms with van der Waals surface area (Å²) in [6.07, 6.45) is 1.42. The van der Waals surface area contributed by atoms with Crippen LogP contribution in [0.2, 0.25) is 10.0 Å². The second-order valence-electron chi connectivity index (χ2n) is 5.68. The number of halogens is 4. The van der Waals surface area contributed by atoms with Crippen molar-refractivity contribution in [3.05, 3.63) is 80.8 Å². The van der Waals surface area contributed by atoms with Gasteiger partial charge >= 0.3 is 5.69 Å². The molecule has 0 radical (unpaired) electrons. The molecule has 9 heteroatoms. The number of imidazole rings is 1. The fourth-order valence-corrected chi connectivity index (χ4v) is 3.29. The first-order valence-electron chi connectivity index (χ1n) is 7.71. The highest BCUT2D eigenvalue weighted by molar-refractivity contribution is 6.37. The van der Waals surface area contributed by atoms with Crippen molar-refractivity contribution >= 4 is 45.7 Å². The molecular weight excluding hydrogens is 397 g/mol. The van der Waals surface area contributed by atoms with Crippen LogP contribution in [0.1, 0.15) is 0 Å². The van der Waals surface area contributed by atoms with E-state index < -0.39 is 17.3 Å². The minimum absolute atomic E-state index is 0.0773. The van der Waals surface area contributed by atoms with Crippen molar-refractivity contribution in [2.45, 2.75) is 0 Å². The number of pyridine rings is 1. The first-order valence-corrected chi connectivity index (χ1v) is 8.47. The molecule has 0 amide bonds. The van der Waals surface area contributed by atoms with Gasteiger partial charge in [0.1, 0.15) is 11.6 Å². The van der Waals surface area contributed by atoms with Crippen molar-refractivity contribution in [1.29, 1.82) is 0 Å². The second kappa shape index (κ2) is 6.68. The summed E-state index contributed by atoms with van der Waals surface area (Å²) in [7, 11) is 0. The van der Waals surface area contributed by atoms with Crippen LogP contribution in [0.4, 0.5) is 20.2 Å². The molecule has 136 valence electrons. The second-order valence-corrected chi connectivity index (χ2v) is 6.49. The number of benzene rings is 2. The Morgan fingerprint density at radius 2 is 1.81 bits per heavy atom. The number of hydrogen-bond donors (Lipinski definition) is 2. The van der Waals surface area contributed by atoms with E-state index in [2.05, 4.69) is 15.3 Å². The van der Waals surface area contributed by atoms with Crippen molar-refractivity contribution in [2.75, 3.05) is 5.32 Å². The van der Waals surface area contributed by atoms with Crippen LogP contribution in [0.5, 0.6) is 0 Å². The zero-order valence-corrected chi connectivity index (χ0v) is 14.9. The Morgan fingerprint density at radius 3 is 2.52 bits per heavy atom. The number of aromatic nitrogens is 3. The highest BCUT2D eigenvalue weighted by Gasteiger charge is 2.16. The summed E-state index contributed by atoms with van der Waals surface area (Å²) < 4.78 is 28.1. The van der Waals surface area contributed by atoms with Crippen molar-refractivity contribution in [2.24, 2.45) is 0 Å². The molecule has 0 aliphatic heterocycles. The number of rotatable bonds is 3. The monoisotopic (exact) mass is 406 g/mol. The maximum absolute atomic E-state index is 13.8. The molecule has 2 aromatic heterocycles. The first-order chi connectivity index (χ1) is 12.9. The summed E-state index contributed by atoms with van der Waals surface area (Å²) in [5, 5.41) is 3.38. The lowest BCUT2D eigenvalue weighted by atomic mass is 10.2. The molecule has 0 saturated heterocycles. The van der Waals surface area contributed by atoms with E-state index in [-0.39, 0.29) is 5.69 Å². The van der Waals surface area contributed by atoms with Crippen LogP contribution in [0.25, 0.3) is 16.9 Å². The largest absolute Gasteiger partial charge is 0.352 e. The summed E-state index contributed by atoms with van der Waals surface area (Å²) in [5.74, 6) is -1.42. The van der Waals surface area contributed by atoms with Gasteiger partial charge in [0.25, 0.3) is 0 Å². The minimum atomic E-state index is -0.746. The quantitative estimate of drug-likeness (QED) is 0.500. The van der Waals surface area contributed by atoms with Crippen LogP contribution in [-0.4, -0.2) is 14.5 Å². The van der Waals surface area contributed by atoms with Crippen LogP contribution >= 0.6 is 23.2 Å². The lowest BCUT2D eigenvalue weighted by Crippen LogP contribution is -2.15. The topological polar surface area (TPSA) is 62.7 Å². The molecule has 2 heterocycles. The van der Waals surface area contributed by atoms with E-state index in [1.54, 1.807) is 24.3 Å². The highest BCUT2D eigenvalue weighted by atomic mass is 35.5. The highest BCUT2D eigenvalue weighted by Crippen LogP contribution is 2.30. The smallest absolute Gasteiger partial charge is 0.332 e. The fraction of sp³-hybridized carbons (Fsp3) is 0. The van der Waals surface area contributed by atoms with Crippen LogP contribution < -0.4 is 11.0 Å². The third-order valence-corrected chi connectivity index (χ3v) is 4.50. The number of nitrogens with one attached hydrogen (secondary N) is 2. The Morgan fingerprint density at radius 1 is 1.07 bits per heavy atom. The summed E-state index contributed by atoms with van der Waals surface area (Å²) in [5.41, 5.74) is 1.02. The molecule has 0 fully saturated rings. The first kappa shape index (κ1) is 17.5. The van der Waals surface area contributed by atoms with Crippen LogP contribution in [0.3, 0.4) is 0 Å². The predicted molar refractivity (Wildman–Crippen MR) is 101 cm³/mol. The Bertz CT molecular complexity index is 1220. The van der Waals surface area contributed by atoms with Crippen LogP contribution in [-0.2, 0) is 0 Å². The normalized spacial score (nSPS) is 11.1. The summed E-state index contributed by atoms with van der Waals surface area (Å²) in [6, 6.07) is 9.64. The summed E-state index contributed by atoms with van der Waals surface area (Å²) in [6.45, 7) is 0. The van der Waals surface area contributed by atoms with Crippen molar-refractivity contribution in [3.63, 3.8) is 0 Å². The van der Waals surface area contributed by atoms with E-state index >= 15 is 0 Å². The number of fused-ring (bicyclic) bond motifs is 1. The summed E-state index contributed by atoms with van der Waals surface area (Å²) >= 11 is 12.4. The average Bonchev–Trinajstić information content (AvgIpc) is 2.93. The van der Waals surface area contributed by atoms with Gasteiger partial charge in [-0.3, -0.25) is 0 Å². The zero-order chi connectivity index (χ0) is 19.1. The molecule has 0 bridgehead atoms. The van der Waals surface area contributed by atoms with Gasteiger partial charge in [-0.1, -0.05) is 29.3 Å². The number of para-hydroxylation sites is 1. The van der Waals surface area contributed by atoms with Gasteiger partial charge in [0.15, 0.2) is 5.65 Å². The lowest BCUT2D eigenvalue weighted by molar-refractivity contribution is 0.586. The molecule has 0 aliphatic carbocycles. The number of hydrogen-bond acceptors (Lipinski definition) is 3. The number of H-pyrrole nitrogens is 1. The number of nitrogens with zero attached hydrogens (tertiary/aromatic N) is 2. The van der Waals surface area contributed by atoms with E-state index in [1.165, 1.54) is 16.8 Å². The predicted octanol–water partition coefficient (Wildman–Crippen LogP) is 5.04. The summed E-state index contributed by atoms with van der Waals surface area (Å²) in [4.78, 5) is 19.4. The van der Waals surface area contributed by atoms with Crippen molar-refractivity contribution in [1.82, 2.24) is 14.5 Å². The third-order valence-electron chi connectivity index (χ3n) is 3.89. The van der Waals surface area contributed by atoms with Crippen molar-refractivity contribution in [3.8, 4) is 5.69 Å². The van der Waals surface area contributed by atoms with Gasteiger partial charge in [0, 0.05) is 6.07 Å². The minimum Gasteiger partial charge on any atom is -0.352 e. The van der Waals surface area contributed by atoms with E-state index in [0.29, 0.717) is 32.6 Å². The molecule has 0 spiro atoms. The third kappa shape index (κ3) is 3.15. The maximum Gasteiger partial charge on any atom is 0.332 e. The Balaban J connectivity index is 1.80. The van der Waals surface area contributed by atoms with E-state index in [9.17, 15) is 13.6 Å². The van der Waals surface area contributed by atoms with Gasteiger partial charge in [0.2, 0.25) is 0 Å².